The van der Waals surface area contributed by atoms with Gasteiger partial charge in [-0.05, 0) is 38.1 Å². The number of hydrogen-bond acceptors (Lipinski definition) is 7. The van der Waals surface area contributed by atoms with E-state index in [-0.39, 0.29) is 11.3 Å². The van der Waals surface area contributed by atoms with Gasteiger partial charge in [0.2, 0.25) is 0 Å². The Morgan fingerprint density at radius 1 is 1.06 bits per heavy atom. The van der Waals surface area contributed by atoms with Crippen LogP contribution in [0.4, 0.5) is 0 Å². The first-order chi connectivity index (χ1) is 15.9. The average Bonchev–Trinajstić information content (AvgIpc) is 3.12. The molecule has 0 bridgehead atoms. The summed E-state index contributed by atoms with van der Waals surface area (Å²) in [4.78, 5) is 31.5. The molecule has 1 aliphatic heterocycles. The third-order valence-electron chi connectivity index (χ3n) is 5.56. The first-order valence-corrected chi connectivity index (χ1v) is 11.1. The molecule has 33 heavy (non-hydrogen) atoms. The maximum Gasteiger partial charge on any atom is 0.271 e. The maximum atomic E-state index is 13.6. The lowest BCUT2D eigenvalue weighted by atomic mass is 9.92. The van der Waals surface area contributed by atoms with E-state index in [1.165, 1.54) is 18.3 Å². The van der Waals surface area contributed by atoms with Gasteiger partial charge in [-0.3, -0.25) is 14.2 Å². The van der Waals surface area contributed by atoms with Crippen molar-refractivity contribution in [3.8, 4) is 17.2 Å². The second-order valence-electron chi connectivity index (χ2n) is 7.49. The first kappa shape index (κ1) is 22.5. The molecular weight excluding hydrogens is 440 g/mol. The predicted octanol–water partition coefficient (Wildman–Crippen LogP) is 2.85. The highest BCUT2D eigenvalue weighted by Gasteiger charge is 2.32. The second-order valence-corrected chi connectivity index (χ2v) is 8.50. The SMILES string of the molecule is COc1ccc(C2C(C(C)=O)=C(C)N=c3sc(=Cc4ccccc4OC)c(=O)n32)c(OC)c1. The largest absolute Gasteiger partial charge is 0.497 e. The number of para-hydroxylation sites is 1. The van der Waals surface area contributed by atoms with Gasteiger partial charge in [-0.15, -0.1) is 0 Å². The van der Waals surface area contributed by atoms with Crippen LogP contribution in [-0.4, -0.2) is 31.7 Å². The average molecular weight is 465 g/mol. The number of carbonyl (C=O) groups excluding carboxylic acids is 1. The number of hydrogen-bond donors (Lipinski definition) is 0. The summed E-state index contributed by atoms with van der Waals surface area (Å²) in [6, 6.07) is 12.2. The Morgan fingerprint density at radius 2 is 1.79 bits per heavy atom. The van der Waals surface area contributed by atoms with Crippen LogP contribution in [0.3, 0.4) is 0 Å². The van der Waals surface area contributed by atoms with E-state index in [4.69, 9.17) is 14.2 Å². The summed E-state index contributed by atoms with van der Waals surface area (Å²) in [6.07, 6.45) is 1.79. The molecule has 0 amide bonds. The summed E-state index contributed by atoms with van der Waals surface area (Å²) in [6.45, 7) is 3.28. The van der Waals surface area contributed by atoms with Crippen molar-refractivity contribution in [1.82, 2.24) is 4.57 Å². The molecule has 2 aromatic carbocycles. The lowest BCUT2D eigenvalue weighted by Crippen LogP contribution is -2.39. The summed E-state index contributed by atoms with van der Waals surface area (Å²) in [5.41, 5.74) is 2.26. The fourth-order valence-electron chi connectivity index (χ4n) is 4.04. The van der Waals surface area contributed by atoms with Crippen LogP contribution in [0.5, 0.6) is 17.2 Å². The molecular formula is C25H24N2O5S. The molecule has 170 valence electrons. The van der Waals surface area contributed by atoms with Crippen LogP contribution in [0.15, 0.2) is 63.5 Å². The van der Waals surface area contributed by atoms with Gasteiger partial charge in [0, 0.05) is 28.5 Å². The quantitative estimate of drug-likeness (QED) is 0.561. The van der Waals surface area contributed by atoms with Crippen LogP contribution in [0.25, 0.3) is 6.08 Å². The minimum Gasteiger partial charge on any atom is -0.497 e. The number of benzene rings is 2. The number of rotatable bonds is 6. The number of allylic oxidation sites excluding steroid dienone is 2. The molecule has 0 radical (unpaired) electrons. The number of Topliss-reactive ketones (excluding diaryl/α,β-unsaturated/α-hetero) is 1. The van der Waals surface area contributed by atoms with Crippen LogP contribution >= 0.6 is 11.3 Å². The normalized spacial score (nSPS) is 15.7. The van der Waals surface area contributed by atoms with Crippen molar-refractivity contribution in [3.63, 3.8) is 0 Å². The first-order valence-electron chi connectivity index (χ1n) is 10.3. The Kier molecular flexibility index (Phi) is 6.20. The molecule has 1 atom stereocenters. The van der Waals surface area contributed by atoms with Crippen molar-refractivity contribution in [2.75, 3.05) is 21.3 Å². The van der Waals surface area contributed by atoms with Gasteiger partial charge >= 0.3 is 0 Å². The second kappa shape index (κ2) is 9.07. The number of methoxy groups -OCH3 is 3. The molecule has 4 rings (SSSR count). The molecule has 0 saturated heterocycles. The van der Waals surface area contributed by atoms with Crippen molar-refractivity contribution in [2.45, 2.75) is 19.9 Å². The van der Waals surface area contributed by atoms with Crippen molar-refractivity contribution >= 4 is 23.2 Å². The highest BCUT2D eigenvalue weighted by atomic mass is 32.1. The highest BCUT2D eigenvalue weighted by molar-refractivity contribution is 7.07. The lowest BCUT2D eigenvalue weighted by molar-refractivity contribution is -0.114. The number of nitrogens with zero attached hydrogens (tertiary/aromatic N) is 2. The number of carbonyl (C=O) groups is 1. The van der Waals surface area contributed by atoms with Gasteiger partial charge in [-0.2, -0.15) is 0 Å². The third kappa shape index (κ3) is 3.98. The van der Waals surface area contributed by atoms with Crippen LogP contribution in [0.1, 0.15) is 31.0 Å². The van der Waals surface area contributed by atoms with E-state index < -0.39 is 6.04 Å². The molecule has 0 spiro atoms. The zero-order valence-corrected chi connectivity index (χ0v) is 19.9. The number of ketones is 1. The van der Waals surface area contributed by atoms with Gasteiger partial charge in [0.05, 0.1) is 31.9 Å². The van der Waals surface area contributed by atoms with E-state index in [0.717, 1.165) is 5.56 Å². The molecule has 0 N–H and O–H groups in total. The van der Waals surface area contributed by atoms with Crippen molar-refractivity contribution in [1.29, 1.82) is 0 Å². The van der Waals surface area contributed by atoms with Gasteiger partial charge in [0.25, 0.3) is 5.56 Å². The molecule has 3 aromatic rings. The summed E-state index contributed by atoms with van der Waals surface area (Å²) in [7, 11) is 4.71. The summed E-state index contributed by atoms with van der Waals surface area (Å²) in [5.74, 6) is 1.65. The minimum absolute atomic E-state index is 0.155. The molecule has 0 saturated carbocycles. The van der Waals surface area contributed by atoms with E-state index in [2.05, 4.69) is 4.99 Å². The zero-order valence-electron chi connectivity index (χ0n) is 19.0. The van der Waals surface area contributed by atoms with Crippen LogP contribution in [0, 0.1) is 0 Å². The molecule has 8 heteroatoms. The number of thiazole rings is 1. The van der Waals surface area contributed by atoms with Gasteiger partial charge < -0.3 is 14.2 Å². The molecule has 1 aromatic heterocycles. The van der Waals surface area contributed by atoms with E-state index in [9.17, 15) is 9.59 Å². The maximum absolute atomic E-state index is 13.6. The fourth-order valence-corrected chi connectivity index (χ4v) is 5.07. The third-order valence-corrected chi connectivity index (χ3v) is 6.54. The molecule has 0 aliphatic carbocycles. The van der Waals surface area contributed by atoms with Crippen molar-refractivity contribution in [2.24, 2.45) is 4.99 Å². The van der Waals surface area contributed by atoms with E-state index >= 15 is 0 Å². The molecule has 1 unspecified atom stereocenters. The topological polar surface area (TPSA) is 79.1 Å². The van der Waals surface area contributed by atoms with Gasteiger partial charge in [0.1, 0.15) is 17.2 Å². The molecule has 1 aliphatic rings. The smallest absolute Gasteiger partial charge is 0.271 e. The molecule has 2 heterocycles. The van der Waals surface area contributed by atoms with Crippen LogP contribution < -0.4 is 29.1 Å². The van der Waals surface area contributed by atoms with E-state index in [1.54, 1.807) is 51.0 Å². The van der Waals surface area contributed by atoms with Crippen molar-refractivity contribution < 1.29 is 19.0 Å². The van der Waals surface area contributed by atoms with Crippen molar-refractivity contribution in [3.05, 3.63) is 84.5 Å². The zero-order chi connectivity index (χ0) is 23.7. The summed E-state index contributed by atoms with van der Waals surface area (Å²) >= 11 is 1.27. The Balaban J connectivity index is 2.01. The molecule has 0 fully saturated rings. The monoisotopic (exact) mass is 464 g/mol. The lowest BCUT2D eigenvalue weighted by Gasteiger charge is -2.26. The number of ether oxygens (including phenoxy) is 3. The Morgan fingerprint density at radius 3 is 2.45 bits per heavy atom. The van der Waals surface area contributed by atoms with Gasteiger partial charge in [0.15, 0.2) is 10.6 Å². The van der Waals surface area contributed by atoms with E-state index in [0.29, 0.717) is 43.4 Å². The summed E-state index contributed by atoms with van der Waals surface area (Å²) in [5, 5.41) is 0. The number of fused-ring (bicyclic) bond motifs is 1. The Labute approximate surface area is 194 Å². The molecule has 7 nitrogen and oxygen atoms in total. The standard InChI is InChI=1S/C25H24N2O5S/c1-14-22(15(2)28)23(18-11-10-17(30-3)13-20(18)32-5)27-24(29)21(33-25(27)26-14)12-16-8-6-7-9-19(16)31-4/h6-13,23H,1-5H3. The Bertz CT molecular complexity index is 1450. The fraction of sp³-hybridized carbons (Fsp3) is 0.240. The van der Waals surface area contributed by atoms with Crippen LogP contribution in [0.2, 0.25) is 0 Å². The predicted molar refractivity (Wildman–Crippen MR) is 127 cm³/mol. The van der Waals surface area contributed by atoms with Crippen LogP contribution in [-0.2, 0) is 4.79 Å². The van der Waals surface area contributed by atoms with E-state index in [1.807, 2.05) is 30.3 Å². The summed E-state index contributed by atoms with van der Waals surface area (Å²) < 4.78 is 18.4. The minimum atomic E-state index is -0.667. The number of aromatic nitrogens is 1. The van der Waals surface area contributed by atoms with Gasteiger partial charge in [-0.1, -0.05) is 29.5 Å². The highest BCUT2D eigenvalue weighted by Crippen LogP contribution is 2.37. The Hall–Kier alpha value is -3.65. The van der Waals surface area contributed by atoms with Gasteiger partial charge in [-0.25, -0.2) is 4.99 Å².